The van der Waals surface area contributed by atoms with Gasteiger partial charge in [-0.25, -0.2) is 22.0 Å². The van der Waals surface area contributed by atoms with Crippen LogP contribution in [0.2, 0.25) is 5.02 Å². The van der Waals surface area contributed by atoms with Gasteiger partial charge in [-0.1, -0.05) is 25.4 Å². The molecule has 67 heavy (non-hydrogen) atoms. The lowest BCUT2D eigenvalue weighted by Gasteiger charge is -2.48. The van der Waals surface area contributed by atoms with E-state index in [2.05, 4.69) is 16.0 Å². The molecule has 8 atom stereocenters. The first-order chi connectivity index (χ1) is 31.2. The molecule has 1 aromatic rings. The van der Waals surface area contributed by atoms with Crippen molar-refractivity contribution in [3.8, 4) is 0 Å². The molecular formula is C44H56ClF8N7O7. The Morgan fingerprint density at radius 2 is 1.61 bits per heavy atom. The van der Waals surface area contributed by atoms with Crippen LogP contribution in [0.3, 0.4) is 0 Å². The second-order valence-corrected chi connectivity index (χ2v) is 19.5. The van der Waals surface area contributed by atoms with Crippen molar-refractivity contribution in [2.24, 2.45) is 17.3 Å². The van der Waals surface area contributed by atoms with Crippen LogP contribution >= 0.6 is 11.6 Å². The highest BCUT2D eigenvalue weighted by molar-refractivity contribution is 6.31. The molecule has 2 aliphatic carbocycles. The van der Waals surface area contributed by atoms with Crippen molar-refractivity contribution in [2.45, 2.75) is 145 Å². The van der Waals surface area contributed by atoms with E-state index in [4.69, 9.17) is 11.6 Å². The van der Waals surface area contributed by atoms with E-state index in [1.165, 1.54) is 20.2 Å². The normalized spacial score (nSPS) is 28.9. The number of alkyl halides is 7. The summed E-state index contributed by atoms with van der Waals surface area (Å²) < 4.78 is 115. The van der Waals surface area contributed by atoms with Gasteiger partial charge in [-0.3, -0.25) is 33.6 Å². The van der Waals surface area contributed by atoms with Gasteiger partial charge in [-0.15, -0.1) is 0 Å². The molecule has 372 valence electrons. The zero-order chi connectivity index (χ0) is 49.5. The van der Waals surface area contributed by atoms with E-state index in [0.717, 1.165) is 26.8 Å². The van der Waals surface area contributed by atoms with E-state index in [-0.39, 0.29) is 61.6 Å². The molecule has 3 aliphatic heterocycles. The van der Waals surface area contributed by atoms with Gasteiger partial charge >= 0.3 is 6.18 Å². The Hall–Kier alpha value is -4.76. The average molecular weight is 982 g/mol. The molecule has 2 saturated carbocycles. The Labute approximate surface area is 387 Å². The number of benzene rings is 1. The van der Waals surface area contributed by atoms with Gasteiger partial charge in [0.05, 0.1) is 13.1 Å². The smallest absolute Gasteiger partial charge is 0.354 e. The lowest BCUT2D eigenvalue weighted by Crippen LogP contribution is -2.65. The third-order valence-corrected chi connectivity index (χ3v) is 13.9. The summed E-state index contributed by atoms with van der Waals surface area (Å²) in [5.74, 6) is -12.4. The monoisotopic (exact) mass is 981 g/mol. The topological polar surface area (TPSA) is 169 Å². The van der Waals surface area contributed by atoms with Gasteiger partial charge in [0.25, 0.3) is 5.92 Å². The minimum Gasteiger partial charge on any atom is -0.354 e. The van der Waals surface area contributed by atoms with Crippen molar-refractivity contribution in [3.63, 3.8) is 0 Å². The Kier molecular flexibility index (Phi) is 15.5. The van der Waals surface area contributed by atoms with Crippen molar-refractivity contribution in [2.75, 3.05) is 33.7 Å². The van der Waals surface area contributed by atoms with Crippen molar-refractivity contribution < 1.29 is 68.7 Å². The molecule has 3 heterocycles. The summed E-state index contributed by atoms with van der Waals surface area (Å²) in [6, 6.07) is -5.35. The Morgan fingerprint density at radius 1 is 0.955 bits per heavy atom. The standard InChI is InChI=1S/C44H56ClF8N7O7/c1-22(2)13-29-38(64)58(4)33(15-24-14-25(46)10-11-28(24)45)39(65)59-18-26(47)16-31(59)35(61)54-12-6-5-7-30(36(62)55-29)57(3)40(66)34(23-8-9-23)56-37(63)32-17-27(48)19-60(32)41(67)42(44(51,52)53)20-43(49,50)21-42/h10-11,14,22-23,26-27,29-34H,5-9,12-13,15-21H2,1-4H3,(H,54,61)(H,55,62)(H,56,63)/t26-,27-,29+,30+,31-,32+,33+,34+/m1/s1. The fourth-order valence-electron chi connectivity index (χ4n) is 9.69. The minimum absolute atomic E-state index is 0.00240. The molecule has 6 rings (SSSR count). The second kappa shape index (κ2) is 20.1. The number of rotatable bonds is 10. The largest absolute Gasteiger partial charge is 0.403 e. The molecule has 3 N–H and O–H groups in total. The predicted octanol–water partition coefficient (Wildman–Crippen LogP) is 4.26. The third-order valence-electron chi connectivity index (χ3n) is 13.5. The summed E-state index contributed by atoms with van der Waals surface area (Å²) >= 11 is 6.40. The predicted molar refractivity (Wildman–Crippen MR) is 224 cm³/mol. The zero-order valence-corrected chi connectivity index (χ0v) is 38.2. The van der Waals surface area contributed by atoms with Crippen molar-refractivity contribution in [1.29, 1.82) is 0 Å². The Balaban J connectivity index is 1.27. The van der Waals surface area contributed by atoms with Gasteiger partial charge in [-0.2, -0.15) is 13.2 Å². The van der Waals surface area contributed by atoms with Gasteiger partial charge in [0.2, 0.25) is 41.4 Å². The minimum atomic E-state index is -5.44. The highest BCUT2D eigenvalue weighted by Crippen LogP contribution is 2.61. The van der Waals surface area contributed by atoms with Crippen LogP contribution in [0.25, 0.3) is 0 Å². The Morgan fingerprint density at radius 3 is 2.22 bits per heavy atom. The highest BCUT2D eigenvalue weighted by atomic mass is 35.5. The summed E-state index contributed by atoms with van der Waals surface area (Å²) in [4.78, 5) is 102. The van der Waals surface area contributed by atoms with Crippen LogP contribution in [0.4, 0.5) is 35.1 Å². The quantitative estimate of drug-likeness (QED) is 0.295. The maximum absolute atomic E-state index is 15.0. The summed E-state index contributed by atoms with van der Waals surface area (Å²) in [5.41, 5.74) is -3.41. The SMILES string of the molecule is CC(C)C[C@@H]1NC(=O)[C@@H](N(C)C(=O)[C@@H](NC(=O)[C@@H]2C[C@@H](F)CN2C(=O)C2(C(F)(F)F)CC(F)(F)C2)C2CC2)CCCCNC(=O)[C@H]2C[C@@H](F)CN2C(=O)[C@H](Cc2cc(F)ccc2Cl)N(C)C1=O. The third kappa shape index (κ3) is 11.2. The van der Waals surface area contributed by atoms with Crippen LogP contribution in [-0.4, -0.2) is 155 Å². The molecule has 0 aromatic heterocycles. The number of likely N-dealkylation sites (tertiary alicyclic amines) is 1. The van der Waals surface area contributed by atoms with Gasteiger partial charge in [0, 0.05) is 57.8 Å². The number of amides is 7. The summed E-state index contributed by atoms with van der Waals surface area (Å²) in [5, 5.41) is 7.92. The van der Waals surface area contributed by atoms with Crippen LogP contribution in [0.5, 0.6) is 0 Å². The Bertz CT molecular complexity index is 2090. The number of halogens is 9. The zero-order valence-electron chi connectivity index (χ0n) is 37.5. The van der Waals surface area contributed by atoms with Crippen LogP contribution in [0.15, 0.2) is 18.2 Å². The molecule has 0 unspecified atom stereocenters. The number of hydrogen-bond acceptors (Lipinski definition) is 7. The lowest BCUT2D eigenvalue weighted by molar-refractivity contribution is -0.299. The van der Waals surface area contributed by atoms with E-state index in [9.17, 15) is 64.3 Å². The van der Waals surface area contributed by atoms with Crippen LogP contribution in [-0.2, 0) is 40.0 Å². The number of nitrogens with zero attached hydrogens (tertiary/aromatic N) is 4. The highest BCUT2D eigenvalue weighted by Gasteiger charge is 2.75. The van der Waals surface area contributed by atoms with Gasteiger partial charge in [-0.05, 0) is 74.1 Å². The molecule has 5 aliphatic rings. The summed E-state index contributed by atoms with van der Waals surface area (Å²) in [6.07, 6.45) is -13.1. The molecule has 0 spiro atoms. The van der Waals surface area contributed by atoms with Gasteiger partial charge in [0.15, 0.2) is 5.41 Å². The van der Waals surface area contributed by atoms with E-state index < -0.39 is 152 Å². The van der Waals surface area contributed by atoms with Gasteiger partial charge < -0.3 is 35.6 Å². The number of carbonyl (C=O) groups excluding carboxylic acids is 7. The fraction of sp³-hybridized carbons (Fsp3) is 0.705. The number of fused-ring (bicyclic) bond motifs is 1. The molecule has 0 radical (unpaired) electrons. The maximum Gasteiger partial charge on any atom is 0.403 e. The number of likely N-dealkylation sites (N-methyl/N-ethyl adjacent to an activating group) is 2. The van der Waals surface area contributed by atoms with Gasteiger partial charge in [0.1, 0.15) is 54.4 Å². The molecule has 3 saturated heterocycles. The van der Waals surface area contributed by atoms with E-state index >= 15 is 4.39 Å². The summed E-state index contributed by atoms with van der Waals surface area (Å²) in [7, 11) is 2.52. The molecular weight excluding hydrogens is 926 g/mol. The average Bonchev–Trinajstić information content (AvgIpc) is 3.89. The first-order valence-corrected chi connectivity index (χ1v) is 22.8. The number of hydrogen-bond donors (Lipinski definition) is 3. The van der Waals surface area contributed by atoms with E-state index in [1.807, 2.05) is 0 Å². The molecule has 1 aromatic carbocycles. The van der Waals surface area contributed by atoms with Crippen molar-refractivity contribution in [3.05, 3.63) is 34.6 Å². The molecule has 23 heteroatoms. The first kappa shape index (κ1) is 51.6. The summed E-state index contributed by atoms with van der Waals surface area (Å²) in [6.45, 7) is 2.08. The van der Waals surface area contributed by atoms with Crippen LogP contribution in [0, 0.1) is 23.1 Å². The van der Waals surface area contributed by atoms with E-state index in [0.29, 0.717) is 17.7 Å². The fourth-order valence-corrected chi connectivity index (χ4v) is 9.88. The first-order valence-electron chi connectivity index (χ1n) is 22.4. The second-order valence-electron chi connectivity index (χ2n) is 19.1. The van der Waals surface area contributed by atoms with Crippen molar-refractivity contribution in [1.82, 2.24) is 35.6 Å². The lowest BCUT2D eigenvalue weighted by atomic mass is 9.64. The van der Waals surface area contributed by atoms with Crippen LogP contribution < -0.4 is 16.0 Å². The molecule has 0 bridgehead atoms. The van der Waals surface area contributed by atoms with Crippen LogP contribution in [0.1, 0.15) is 83.6 Å². The van der Waals surface area contributed by atoms with Crippen molar-refractivity contribution >= 4 is 53.0 Å². The number of nitrogens with one attached hydrogen (secondary N) is 3. The number of carbonyl (C=O) groups is 7. The molecule has 14 nitrogen and oxygen atoms in total. The maximum atomic E-state index is 15.0. The molecule has 5 fully saturated rings. The molecule has 7 amide bonds. The van der Waals surface area contributed by atoms with E-state index in [1.54, 1.807) is 13.8 Å².